The molecular weight excluding hydrogens is 278 g/mol. The van der Waals surface area contributed by atoms with Gasteiger partial charge in [0.15, 0.2) is 0 Å². The van der Waals surface area contributed by atoms with E-state index >= 15 is 0 Å². The molecule has 0 saturated heterocycles. The van der Waals surface area contributed by atoms with Crippen LogP contribution < -0.4 is 11.1 Å². The monoisotopic (exact) mass is 299 g/mol. The van der Waals surface area contributed by atoms with Gasteiger partial charge in [-0.15, -0.1) is 0 Å². The fourth-order valence-corrected chi connectivity index (χ4v) is 2.13. The lowest BCUT2D eigenvalue weighted by Crippen LogP contribution is -2.31. The van der Waals surface area contributed by atoms with E-state index in [1.165, 1.54) is 0 Å². The van der Waals surface area contributed by atoms with E-state index in [0.717, 1.165) is 13.0 Å². The number of halogens is 1. The normalized spacial score (nSPS) is 10.8. The Bertz CT molecular complexity index is 434. The molecule has 1 rings (SSSR count). The maximum atomic E-state index is 11.9. The van der Waals surface area contributed by atoms with Crippen LogP contribution in [0.1, 0.15) is 19.8 Å². The average Bonchev–Trinajstić information content (AvgIpc) is 2.40. The Kier molecular flexibility index (Phi) is 7.36. The van der Waals surface area contributed by atoms with Gasteiger partial charge < -0.3 is 21.1 Å². The zero-order chi connectivity index (χ0) is 15.0. The Morgan fingerprint density at radius 3 is 2.75 bits per heavy atom. The first-order chi connectivity index (χ1) is 9.56. The molecule has 6 heteroatoms. The number of carbonyl (C=O) groups is 1. The van der Waals surface area contributed by atoms with Crippen LogP contribution in [-0.2, 0) is 4.79 Å². The molecule has 1 aromatic rings. The minimum atomic E-state index is -0.101. The van der Waals surface area contributed by atoms with Crippen molar-refractivity contribution in [3.05, 3.63) is 23.2 Å². The molecule has 0 radical (unpaired) electrons. The van der Waals surface area contributed by atoms with Crippen molar-refractivity contribution in [1.82, 2.24) is 4.90 Å². The lowest BCUT2D eigenvalue weighted by molar-refractivity contribution is -0.116. The molecule has 0 aromatic heterocycles. The molecule has 1 amide bonds. The van der Waals surface area contributed by atoms with Crippen molar-refractivity contribution in [2.45, 2.75) is 19.8 Å². The van der Waals surface area contributed by atoms with Crippen molar-refractivity contribution in [1.29, 1.82) is 0 Å². The first kappa shape index (κ1) is 16.8. The molecule has 0 fully saturated rings. The number of nitrogens with zero attached hydrogens (tertiary/aromatic N) is 1. The molecule has 0 aliphatic rings. The van der Waals surface area contributed by atoms with Gasteiger partial charge in [0.1, 0.15) is 0 Å². The number of rotatable bonds is 8. The van der Waals surface area contributed by atoms with Gasteiger partial charge in [-0.2, -0.15) is 0 Å². The van der Waals surface area contributed by atoms with E-state index in [0.29, 0.717) is 35.9 Å². The summed E-state index contributed by atoms with van der Waals surface area (Å²) in [7, 11) is 0. The fourth-order valence-electron chi connectivity index (χ4n) is 1.90. The summed E-state index contributed by atoms with van der Waals surface area (Å²) in [5.41, 5.74) is 6.72. The predicted octanol–water partition coefficient (Wildman–Crippen LogP) is 1.96. The number of aliphatic hydroxyl groups excluding tert-OH is 1. The molecule has 0 aliphatic carbocycles. The number of nitrogens with one attached hydrogen (secondary N) is 1. The van der Waals surface area contributed by atoms with Crippen molar-refractivity contribution in [2.75, 3.05) is 37.3 Å². The van der Waals surface area contributed by atoms with Crippen molar-refractivity contribution in [3.8, 4) is 0 Å². The number of nitrogens with two attached hydrogens (primary N) is 1. The zero-order valence-corrected chi connectivity index (χ0v) is 12.5. The third kappa shape index (κ3) is 5.77. The summed E-state index contributed by atoms with van der Waals surface area (Å²) in [6.07, 6.45) is 1.35. The van der Waals surface area contributed by atoms with Gasteiger partial charge >= 0.3 is 0 Å². The molecule has 0 atom stereocenters. The molecule has 0 spiro atoms. The number of aliphatic hydroxyl groups is 1. The minimum absolute atomic E-state index is 0.101. The standard InChI is InChI=1S/C14H22ClN3O2/c1-2-6-18(8-9-19)7-5-14(20)17-13-4-3-11(16)10-12(13)15/h3-4,10,19H,2,5-9,16H2,1H3,(H,17,20). The van der Waals surface area contributed by atoms with Gasteiger partial charge in [0.05, 0.1) is 17.3 Å². The maximum absolute atomic E-state index is 11.9. The molecular formula is C14H22ClN3O2. The van der Waals surface area contributed by atoms with E-state index in [9.17, 15) is 4.79 Å². The van der Waals surface area contributed by atoms with Gasteiger partial charge in [-0.1, -0.05) is 18.5 Å². The second kappa shape index (κ2) is 8.79. The quantitative estimate of drug-likeness (QED) is 0.641. The number of amides is 1. The van der Waals surface area contributed by atoms with Crippen LogP contribution in [0.5, 0.6) is 0 Å². The number of hydrogen-bond acceptors (Lipinski definition) is 4. The number of carbonyl (C=O) groups excluding carboxylic acids is 1. The van der Waals surface area contributed by atoms with E-state index in [4.69, 9.17) is 22.4 Å². The Labute approximate surface area is 124 Å². The van der Waals surface area contributed by atoms with E-state index < -0.39 is 0 Å². The van der Waals surface area contributed by atoms with Crippen LogP contribution >= 0.6 is 11.6 Å². The second-order valence-corrected chi connectivity index (χ2v) is 5.01. The minimum Gasteiger partial charge on any atom is -0.399 e. The Hall–Kier alpha value is -1.30. The van der Waals surface area contributed by atoms with Crippen LogP contribution in [0.2, 0.25) is 5.02 Å². The number of anilines is 2. The topological polar surface area (TPSA) is 78.6 Å². The highest BCUT2D eigenvalue weighted by atomic mass is 35.5. The fraction of sp³-hybridized carbons (Fsp3) is 0.500. The summed E-state index contributed by atoms with van der Waals surface area (Å²) in [5, 5.41) is 12.1. The first-order valence-corrected chi connectivity index (χ1v) is 7.12. The zero-order valence-electron chi connectivity index (χ0n) is 11.7. The second-order valence-electron chi connectivity index (χ2n) is 4.60. The molecule has 0 aliphatic heterocycles. The number of nitrogen functional groups attached to an aromatic ring is 1. The highest BCUT2D eigenvalue weighted by Crippen LogP contribution is 2.24. The van der Waals surface area contributed by atoms with Crippen molar-refractivity contribution in [3.63, 3.8) is 0 Å². The van der Waals surface area contributed by atoms with Crippen LogP contribution in [0.3, 0.4) is 0 Å². The smallest absolute Gasteiger partial charge is 0.225 e. The molecule has 0 unspecified atom stereocenters. The van der Waals surface area contributed by atoms with Crippen LogP contribution in [-0.4, -0.2) is 42.2 Å². The van der Waals surface area contributed by atoms with Gasteiger partial charge in [-0.3, -0.25) is 4.79 Å². The van der Waals surface area contributed by atoms with E-state index in [-0.39, 0.29) is 12.5 Å². The van der Waals surface area contributed by atoms with Crippen LogP contribution in [0.25, 0.3) is 0 Å². The van der Waals surface area contributed by atoms with Gasteiger partial charge in [-0.25, -0.2) is 0 Å². The van der Waals surface area contributed by atoms with Crippen LogP contribution in [0, 0.1) is 0 Å². The summed E-state index contributed by atoms with van der Waals surface area (Å²) in [4.78, 5) is 13.9. The Morgan fingerprint density at radius 1 is 1.40 bits per heavy atom. The molecule has 0 heterocycles. The molecule has 1 aromatic carbocycles. The lowest BCUT2D eigenvalue weighted by Gasteiger charge is -2.20. The third-order valence-electron chi connectivity index (χ3n) is 2.88. The number of benzene rings is 1. The first-order valence-electron chi connectivity index (χ1n) is 6.75. The highest BCUT2D eigenvalue weighted by molar-refractivity contribution is 6.34. The van der Waals surface area contributed by atoms with Crippen LogP contribution in [0.4, 0.5) is 11.4 Å². The Morgan fingerprint density at radius 2 is 2.15 bits per heavy atom. The summed E-state index contributed by atoms with van der Waals surface area (Å²) < 4.78 is 0. The van der Waals surface area contributed by atoms with E-state index in [2.05, 4.69) is 17.1 Å². The average molecular weight is 300 g/mol. The molecule has 0 saturated carbocycles. The van der Waals surface area contributed by atoms with E-state index in [1.807, 2.05) is 0 Å². The molecule has 4 N–H and O–H groups in total. The summed E-state index contributed by atoms with van der Waals surface area (Å²) in [6.45, 7) is 4.25. The highest BCUT2D eigenvalue weighted by Gasteiger charge is 2.09. The van der Waals surface area contributed by atoms with Crippen molar-refractivity contribution >= 4 is 28.9 Å². The lowest BCUT2D eigenvalue weighted by atomic mass is 10.2. The predicted molar refractivity (Wildman–Crippen MR) is 82.9 cm³/mol. The van der Waals surface area contributed by atoms with E-state index in [1.54, 1.807) is 18.2 Å². The maximum Gasteiger partial charge on any atom is 0.225 e. The van der Waals surface area contributed by atoms with Gasteiger partial charge in [-0.05, 0) is 31.2 Å². The van der Waals surface area contributed by atoms with Crippen molar-refractivity contribution < 1.29 is 9.90 Å². The van der Waals surface area contributed by atoms with Gasteiger partial charge in [0, 0.05) is 25.2 Å². The van der Waals surface area contributed by atoms with Crippen LogP contribution in [0.15, 0.2) is 18.2 Å². The SMILES string of the molecule is CCCN(CCO)CCC(=O)Nc1ccc(N)cc1Cl. The Balaban J connectivity index is 2.46. The molecule has 5 nitrogen and oxygen atoms in total. The summed E-state index contributed by atoms with van der Waals surface area (Å²) >= 11 is 6.00. The molecule has 112 valence electrons. The third-order valence-corrected chi connectivity index (χ3v) is 3.19. The number of hydrogen-bond donors (Lipinski definition) is 3. The van der Waals surface area contributed by atoms with Gasteiger partial charge in [0.25, 0.3) is 0 Å². The summed E-state index contributed by atoms with van der Waals surface area (Å²) in [6, 6.07) is 4.98. The summed E-state index contributed by atoms with van der Waals surface area (Å²) in [5.74, 6) is -0.101. The van der Waals surface area contributed by atoms with Crippen molar-refractivity contribution in [2.24, 2.45) is 0 Å². The van der Waals surface area contributed by atoms with Gasteiger partial charge in [0.2, 0.25) is 5.91 Å². The molecule has 20 heavy (non-hydrogen) atoms. The largest absolute Gasteiger partial charge is 0.399 e. The molecule has 0 bridgehead atoms.